The van der Waals surface area contributed by atoms with Crippen LogP contribution in [0.25, 0.3) is 0 Å². The molecule has 0 saturated carbocycles. The van der Waals surface area contributed by atoms with Crippen molar-refractivity contribution in [3.8, 4) is 0 Å². The quantitative estimate of drug-likeness (QED) is 0.578. The van der Waals surface area contributed by atoms with Crippen LogP contribution in [0.5, 0.6) is 0 Å². The Morgan fingerprint density at radius 2 is 1.47 bits per heavy atom. The molecule has 0 aromatic heterocycles. The van der Waals surface area contributed by atoms with Crippen molar-refractivity contribution in [3.05, 3.63) is 0 Å². The van der Waals surface area contributed by atoms with Crippen molar-refractivity contribution in [2.45, 2.75) is 26.2 Å². The maximum Gasteiger partial charge on any atom is 0.307 e. The molecule has 0 amide bonds. The maximum absolute atomic E-state index is 10.8. The molecular formula is C9H14O6. The molecule has 3 N–H and O–H groups in total. The average molecular weight is 218 g/mol. The molecule has 6 heteroatoms. The number of hydrogen-bond acceptors (Lipinski definition) is 3. The van der Waals surface area contributed by atoms with Gasteiger partial charge < -0.3 is 15.3 Å². The lowest BCUT2D eigenvalue weighted by atomic mass is 9.86. The van der Waals surface area contributed by atoms with Gasteiger partial charge in [0.1, 0.15) is 0 Å². The number of carboxylic acid groups (broad SMARTS) is 3. The summed E-state index contributed by atoms with van der Waals surface area (Å²) in [6, 6.07) is 0. The molecule has 0 bridgehead atoms. The zero-order valence-corrected chi connectivity index (χ0v) is 8.34. The molecule has 0 aliphatic carbocycles. The first kappa shape index (κ1) is 13.4. The van der Waals surface area contributed by atoms with Crippen LogP contribution in [-0.4, -0.2) is 33.2 Å². The van der Waals surface area contributed by atoms with Gasteiger partial charge in [-0.15, -0.1) is 0 Å². The predicted molar refractivity (Wildman–Crippen MR) is 49.4 cm³/mol. The van der Waals surface area contributed by atoms with Crippen LogP contribution in [0.4, 0.5) is 0 Å². The van der Waals surface area contributed by atoms with Gasteiger partial charge in [-0.2, -0.15) is 0 Å². The van der Waals surface area contributed by atoms with Crippen molar-refractivity contribution in [3.63, 3.8) is 0 Å². The van der Waals surface area contributed by atoms with Gasteiger partial charge in [-0.25, -0.2) is 0 Å². The molecular weight excluding hydrogens is 204 g/mol. The van der Waals surface area contributed by atoms with Crippen LogP contribution in [-0.2, 0) is 14.4 Å². The van der Waals surface area contributed by atoms with E-state index in [0.717, 1.165) is 0 Å². The molecule has 0 aliphatic rings. The largest absolute Gasteiger partial charge is 0.481 e. The van der Waals surface area contributed by atoms with Gasteiger partial charge in [0, 0.05) is 0 Å². The Morgan fingerprint density at radius 1 is 1.00 bits per heavy atom. The lowest BCUT2D eigenvalue weighted by Gasteiger charge is -2.17. The molecule has 15 heavy (non-hydrogen) atoms. The van der Waals surface area contributed by atoms with E-state index in [1.807, 2.05) is 0 Å². The van der Waals surface area contributed by atoms with Gasteiger partial charge >= 0.3 is 17.9 Å². The monoisotopic (exact) mass is 218 g/mol. The minimum atomic E-state index is -1.38. The third-order valence-corrected chi connectivity index (χ3v) is 2.11. The van der Waals surface area contributed by atoms with Crippen molar-refractivity contribution in [1.82, 2.24) is 0 Å². The van der Waals surface area contributed by atoms with E-state index >= 15 is 0 Å². The van der Waals surface area contributed by atoms with Crippen molar-refractivity contribution < 1.29 is 29.7 Å². The van der Waals surface area contributed by atoms with Gasteiger partial charge in [-0.05, 0) is 6.42 Å². The topological polar surface area (TPSA) is 112 Å². The summed E-state index contributed by atoms with van der Waals surface area (Å²) in [5.74, 6) is -6.43. The highest BCUT2D eigenvalue weighted by molar-refractivity contribution is 5.83. The minimum Gasteiger partial charge on any atom is -0.481 e. The summed E-state index contributed by atoms with van der Waals surface area (Å²) in [4.78, 5) is 31.9. The summed E-state index contributed by atoms with van der Waals surface area (Å²) in [5, 5.41) is 26.0. The average Bonchev–Trinajstić information content (AvgIpc) is 2.09. The van der Waals surface area contributed by atoms with Crippen LogP contribution in [0.3, 0.4) is 0 Å². The van der Waals surface area contributed by atoms with Gasteiger partial charge in [0.25, 0.3) is 0 Å². The lowest BCUT2D eigenvalue weighted by molar-refractivity contribution is -0.157. The first-order valence-electron chi connectivity index (χ1n) is 4.57. The number of aliphatic carboxylic acids is 3. The summed E-state index contributed by atoms with van der Waals surface area (Å²) in [6.07, 6.45) is 0.00620. The minimum absolute atomic E-state index is 0.166. The Balaban J connectivity index is 4.74. The van der Waals surface area contributed by atoms with Gasteiger partial charge in [0.05, 0.1) is 18.3 Å². The van der Waals surface area contributed by atoms with Gasteiger partial charge in [-0.1, -0.05) is 13.3 Å². The Labute approximate surface area is 86.5 Å². The van der Waals surface area contributed by atoms with Crippen molar-refractivity contribution in [2.24, 2.45) is 11.8 Å². The van der Waals surface area contributed by atoms with E-state index in [-0.39, 0.29) is 6.42 Å². The van der Waals surface area contributed by atoms with Crippen LogP contribution in [0, 0.1) is 11.8 Å². The standard InChI is InChI=1S/C9H14O6/c1-2-3-5(8(12)13)6(9(14)15)4-7(10)11/h5-6H,2-4H2,1H3,(H,10,11)(H,12,13)(H,14,15). The Kier molecular flexibility index (Phi) is 5.36. The lowest BCUT2D eigenvalue weighted by Crippen LogP contribution is -2.31. The third kappa shape index (κ3) is 4.44. The van der Waals surface area contributed by atoms with E-state index < -0.39 is 36.2 Å². The molecule has 0 saturated heterocycles. The molecule has 6 nitrogen and oxygen atoms in total. The summed E-state index contributed by atoms with van der Waals surface area (Å²) in [5.41, 5.74) is 0. The molecule has 0 radical (unpaired) electrons. The van der Waals surface area contributed by atoms with Gasteiger partial charge in [0.2, 0.25) is 0 Å². The highest BCUT2D eigenvalue weighted by atomic mass is 16.4. The molecule has 2 atom stereocenters. The smallest absolute Gasteiger partial charge is 0.307 e. The number of carboxylic acids is 3. The predicted octanol–water partition coefficient (Wildman–Crippen LogP) is 0.663. The van der Waals surface area contributed by atoms with Gasteiger partial charge in [-0.3, -0.25) is 14.4 Å². The van der Waals surface area contributed by atoms with Crippen LogP contribution >= 0.6 is 0 Å². The summed E-state index contributed by atoms with van der Waals surface area (Å²) < 4.78 is 0. The SMILES string of the molecule is CCCC(C(=O)O)C(CC(=O)O)C(=O)O. The second kappa shape index (κ2) is 6.00. The van der Waals surface area contributed by atoms with E-state index in [0.29, 0.717) is 6.42 Å². The van der Waals surface area contributed by atoms with E-state index in [2.05, 4.69) is 0 Å². The Morgan fingerprint density at radius 3 is 1.73 bits per heavy atom. The van der Waals surface area contributed by atoms with Gasteiger partial charge in [0.15, 0.2) is 0 Å². The molecule has 0 aromatic carbocycles. The molecule has 86 valence electrons. The number of carbonyl (C=O) groups is 3. The fourth-order valence-corrected chi connectivity index (χ4v) is 1.40. The second-order valence-electron chi connectivity index (χ2n) is 3.28. The fourth-order valence-electron chi connectivity index (χ4n) is 1.40. The molecule has 0 heterocycles. The van der Waals surface area contributed by atoms with Crippen LogP contribution in [0.1, 0.15) is 26.2 Å². The second-order valence-corrected chi connectivity index (χ2v) is 3.28. The number of hydrogen-bond donors (Lipinski definition) is 3. The normalized spacial score (nSPS) is 14.2. The van der Waals surface area contributed by atoms with E-state index in [1.165, 1.54) is 0 Å². The van der Waals surface area contributed by atoms with E-state index in [1.54, 1.807) is 6.92 Å². The summed E-state index contributed by atoms with van der Waals surface area (Å²) in [6.45, 7) is 1.72. The Hall–Kier alpha value is -1.59. The summed E-state index contributed by atoms with van der Waals surface area (Å²) in [7, 11) is 0. The first-order valence-corrected chi connectivity index (χ1v) is 4.57. The highest BCUT2D eigenvalue weighted by Gasteiger charge is 2.34. The van der Waals surface area contributed by atoms with Crippen LogP contribution < -0.4 is 0 Å². The van der Waals surface area contributed by atoms with Crippen molar-refractivity contribution in [2.75, 3.05) is 0 Å². The molecule has 0 fully saturated rings. The van der Waals surface area contributed by atoms with Crippen LogP contribution in [0.2, 0.25) is 0 Å². The molecule has 0 rings (SSSR count). The maximum atomic E-state index is 10.8. The van der Waals surface area contributed by atoms with E-state index in [4.69, 9.17) is 15.3 Å². The zero-order valence-electron chi connectivity index (χ0n) is 8.34. The molecule has 0 aliphatic heterocycles. The van der Waals surface area contributed by atoms with Crippen molar-refractivity contribution >= 4 is 17.9 Å². The van der Waals surface area contributed by atoms with Crippen LogP contribution in [0.15, 0.2) is 0 Å². The number of rotatable bonds is 7. The molecule has 2 unspecified atom stereocenters. The molecule has 0 spiro atoms. The third-order valence-electron chi connectivity index (χ3n) is 2.11. The summed E-state index contributed by atoms with van der Waals surface area (Å²) >= 11 is 0. The van der Waals surface area contributed by atoms with Crippen molar-refractivity contribution in [1.29, 1.82) is 0 Å². The Bertz CT molecular complexity index is 259. The fraction of sp³-hybridized carbons (Fsp3) is 0.667. The molecule has 0 aromatic rings. The van der Waals surface area contributed by atoms with E-state index in [9.17, 15) is 14.4 Å². The first-order chi connectivity index (χ1) is 6.90. The zero-order chi connectivity index (χ0) is 12.0. The highest BCUT2D eigenvalue weighted by Crippen LogP contribution is 2.22.